The van der Waals surface area contributed by atoms with Crippen LogP contribution in [0.15, 0.2) is 40.2 Å². The van der Waals surface area contributed by atoms with Crippen LogP contribution in [0.5, 0.6) is 5.75 Å². The molecule has 1 aromatic heterocycles. The standard InChI is InChI=1S/C19H11BrCl3NO4S/c1-28-16-12(22)6-11(21)14(15(16)23)17(25)24-18-13(19(26)27)10(7-29-18)8-2-4-9(20)5-3-8/h2-7H,1H3,(H,24,25)(H,26,27). The highest BCUT2D eigenvalue weighted by molar-refractivity contribution is 9.10. The largest absolute Gasteiger partial charge is 0.494 e. The highest BCUT2D eigenvalue weighted by atomic mass is 79.9. The third-order valence-electron chi connectivity index (χ3n) is 3.95. The summed E-state index contributed by atoms with van der Waals surface area (Å²) in [6, 6.07) is 8.50. The van der Waals surface area contributed by atoms with Crippen molar-refractivity contribution in [3.63, 3.8) is 0 Å². The van der Waals surface area contributed by atoms with Gasteiger partial charge in [-0.2, -0.15) is 0 Å². The minimum atomic E-state index is -1.18. The zero-order chi connectivity index (χ0) is 21.3. The summed E-state index contributed by atoms with van der Waals surface area (Å²) in [5.74, 6) is -1.75. The quantitative estimate of drug-likeness (QED) is 0.366. The van der Waals surface area contributed by atoms with Gasteiger partial charge in [0.2, 0.25) is 0 Å². The second-order valence-corrected chi connectivity index (χ2v) is 8.67. The third-order valence-corrected chi connectivity index (χ3v) is 6.31. The molecular formula is C19H11BrCl3NO4S. The summed E-state index contributed by atoms with van der Waals surface area (Å²) in [5.41, 5.74) is 1.09. The van der Waals surface area contributed by atoms with Crippen LogP contribution in [0.25, 0.3) is 11.1 Å². The lowest BCUT2D eigenvalue weighted by atomic mass is 10.0. The summed E-state index contributed by atoms with van der Waals surface area (Å²) in [5, 5.41) is 14.2. The van der Waals surface area contributed by atoms with Crippen molar-refractivity contribution >= 4 is 78.9 Å². The molecule has 0 unspecified atom stereocenters. The first-order chi connectivity index (χ1) is 13.7. The molecule has 0 saturated carbocycles. The summed E-state index contributed by atoms with van der Waals surface area (Å²) in [4.78, 5) is 24.7. The van der Waals surface area contributed by atoms with Crippen molar-refractivity contribution in [2.24, 2.45) is 0 Å². The molecule has 0 atom stereocenters. The molecule has 0 bridgehead atoms. The number of rotatable bonds is 5. The molecule has 3 rings (SSSR count). The normalized spacial score (nSPS) is 10.7. The Morgan fingerprint density at radius 1 is 1.10 bits per heavy atom. The number of ether oxygens (including phenoxy) is 1. The Morgan fingerprint density at radius 3 is 2.34 bits per heavy atom. The number of carboxylic acid groups (broad SMARTS) is 1. The summed E-state index contributed by atoms with van der Waals surface area (Å²) in [7, 11) is 1.36. The lowest BCUT2D eigenvalue weighted by Gasteiger charge is -2.13. The lowest BCUT2D eigenvalue weighted by Crippen LogP contribution is -2.15. The van der Waals surface area contributed by atoms with Crippen LogP contribution in [-0.4, -0.2) is 24.1 Å². The Kier molecular flexibility index (Phi) is 6.76. The van der Waals surface area contributed by atoms with Gasteiger partial charge >= 0.3 is 5.97 Å². The number of amides is 1. The number of nitrogens with one attached hydrogen (secondary N) is 1. The second kappa shape index (κ2) is 8.93. The smallest absolute Gasteiger partial charge is 0.339 e. The van der Waals surface area contributed by atoms with E-state index in [0.717, 1.165) is 15.8 Å². The molecule has 0 aliphatic heterocycles. The van der Waals surface area contributed by atoms with Crippen LogP contribution < -0.4 is 10.1 Å². The van der Waals surface area contributed by atoms with Gasteiger partial charge in [0.15, 0.2) is 5.75 Å². The zero-order valence-corrected chi connectivity index (χ0v) is 19.2. The number of hydrogen-bond acceptors (Lipinski definition) is 4. The number of carbonyl (C=O) groups excluding carboxylic acids is 1. The molecule has 150 valence electrons. The molecule has 1 heterocycles. The predicted molar refractivity (Wildman–Crippen MR) is 120 cm³/mol. The van der Waals surface area contributed by atoms with Crippen LogP contribution in [0, 0.1) is 0 Å². The maximum Gasteiger partial charge on any atom is 0.339 e. The number of methoxy groups -OCH3 is 1. The molecule has 10 heteroatoms. The van der Waals surface area contributed by atoms with Crippen molar-refractivity contribution in [3.8, 4) is 16.9 Å². The van der Waals surface area contributed by atoms with E-state index in [1.165, 1.54) is 13.2 Å². The van der Waals surface area contributed by atoms with Crippen LogP contribution in [0.2, 0.25) is 15.1 Å². The second-order valence-electron chi connectivity index (χ2n) is 5.68. The van der Waals surface area contributed by atoms with Crippen LogP contribution in [0.1, 0.15) is 20.7 Å². The lowest BCUT2D eigenvalue weighted by molar-refractivity contribution is 0.0699. The molecule has 0 saturated heterocycles. The summed E-state index contributed by atoms with van der Waals surface area (Å²) in [6.45, 7) is 0. The Labute approximate surface area is 193 Å². The highest BCUT2D eigenvalue weighted by Gasteiger charge is 2.25. The van der Waals surface area contributed by atoms with E-state index in [4.69, 9.17) is 39.5 Å². The Morgan fingerprint density at radius 2 is 1.76 bits per heavy atom. The first-order valence-electron chi connectivity index (χ1n) is 7.88. The van der Waals surface area contributed by atoms with E-state index in [1.54, 1.807) is 29.6 Å². The maximum absolute atomic E-state index is 12.8. The van der Waals surface area contributed by atoms with Gasteiger partial charge in [0, 0.05) is 15.4 Å². The number of thiophene rings is 1. The van der Waals surface area contributed by atoms with Crippen molar-refractivity contribution in [3.05, 3.63) is 66.4 Å². The minimum absolute atomic E-state index is 0.0138. The van der Waals surface area contributed by atoms with Crippen molar-refractivity contribution in [2.75, 3.05) is 12.4 Å². The third kappa shape index (κ3) is 4.39. The molecule has 2 aromatic carbocycles. The molecule has 0 fully saturated rings. The fourth-order valence-electron chi connectivity index (χ4n) is 2.64. The number of aromatic carboxylic acids is 1. The maximum atomic E-state index is 12.8. The number of benzene rings is 2. The topological polar surface area (TPSA) is 75.6 Å². The molecular weight excluding hydrogens is 525 g/mol. The monoisotopic (exact) mass is 533 g/mol. The molecule has 0 spiro atoms. The van der Waals surface area contributed by atoms with Gasteiger partial charge < -0.3 is 15.2 Å². The van der Waals surface area contributed by atoms with E-state index in [9.17, 15) is 14.7 Å². The number of carboxylic acids is 1. The van der Waals surface area contributed by atoms with E-state index in [-0.39, 0.29) is 36.9 Å². The van der Waals surface area contributed by atoms with Gasteiger partial charge in [0.1, 0.15) is 10.6 Å². The average molecular weight is 536 g/mol. The molecule has 1 amide bonds. The zero-order valence-electron chi connectivity index (χ0n) is 14.6. The van der Waals surface area contributed by atoms with Gasteiger partial charge in [-0.25, -0.2) is 4.79 Å². The van der Waals surface area contributed by atoms with Crippen molar-refractivity contribution < 1.29 is 19.4 Å². The number of hydrogen-bond donors (Lipinski definition) is 2. The van der Waals surface area contributed by atoms with Crippen molar-refractivity contribution in [2.45, 2.75) is 0 Å². The van der Waals surface area contributed by atoms with Gasteiger partial charge in [-0.1, -0.05) is 62.9 Å². The minimum Gasteiger partial charge on any atom is -0.494 e. The van der Waals surface area contributed by atoms with Crippen LogP contribution in [0.3, 0.4) is 0 Å². The number of anilines is 1. The Hall–Kier alpha value is -1.77. The van der Waals surface area contributed by atoms with Gasteiger partial charge in [-0.05, 0) is 23.8 Å². The van der Waals surface area contributed by atoms with Crippen LogP contribution in [-0.2, 0) is 0 Å². The van der Waals surface area contributed by atoms with Gasteiger partial charge in [-0.3, -0.25) is 4.79 Å². The Bertz CT molecular complexity index is 1120. The van der Waals surface area contributed by atoms with E-state index in [2.05, 4.69) is 21.2 Å². The molecule has 0 aliphatic carbocycles. The van der Waals surface area contributed by atoms with Gasteiger partial charge in [0.05, 0.1) is 27.7 Å². The fraction of sp³-hybridized carbons (Fsp3) is 0.0526. The first-order valence-corrected chi connectivity index (χ1v) is 10.7. The molecule has 2 N–H and O–H groups in total. The van der Waals surface area contributed by atoms with Crippen molar-refractivity contribution in [1.82, 2.24) is 0 Å². The number of halogens is 4. The molecule has 3 aromatic rings. The fourth-order valence-corrected chi connectivity index (χ4v) is 4.95. The Balaban J connectivity index is 2.02. The SMILES string of the molecule is COc1c(Cl)cc(Cl)c(C(=O)Nc2scc(-c3ccc(Br)cc3)c2C(=O)O)c1Cl. The van der Waals surface area contributed by atoms with E-state index in [0.29, 0.717) is 11.1 Å². The molecule has 29 heavy (non-hydrogen) atoms. The van der Waals surface area contributed by atoms with Crippen molar-refractivity contribution in [1.29, 1.82) is 0 Å². The van der Waals surface area contributed by atoms with E-state index < -0.39 is 11.9 Å². The number of carbonyl (C=O) groups is 2. The van der Waals surface area contributed by atoms with Crippen LogP contribution >= 0.6 is 62.1 Å². The predicted octanol–water partition coefficient (Wildman–Crippen LogP) is 7.10. The molecule has 0 radical (unpaired) electrons. The molecule has 5 nitrogen and oxygen atoms in total. The van der Waals surface area contributed by atoms with Gasteiger partial charge in [-0.15, -0.1) is 11.3 Å². The highest BCUT2D eigenvalue weighted by Crippen LogP contribution is 2.41. The first kappa shape index (κ1) is 21.9. The summed E-state index contributed by atoms with van der Waals surface area (Å²) < 4.78 is 5.97. The van der Waals surface area contributed by atoms with E-state index >= 15 is 0 Å². The molecule has 0 aliphatic rings. The van der Waals surface area contributed by atoms with Gasteiger partial charge in [0.25, 0.3) is 5.91 Å². The summed E-state index contributed by atoms with van der Waals surface area (Å²) in [6.07, 6.45) is 0. The summed E-state index contributed by atoms with van der Waals surface area (Å²) >= 11 is 22.8. The van der Waals surface area contributed by atoms with E-state index in [1.807, 2.05) is 0 Å². The van der Waals surface area contributed by atoms with Crippen LogP contribution in [0.4, 0.5) is 5.00 Å². The average Bonchev–Trinajstić information content (AvgIpc) is 3.06.